The van der Waals surface area contributed by atoms with Gasteiger partial charge < -0.3 is 15.2 Å². The molecular weight excluding hydrogens is 282 g/mol. The van der Waals surface area contributed by atoms with E-state index in [1.54, 1.807) is 0 Å². The van der Waals surface area contributed by atoms with E-state index in [9.17, 15) is 9.59 Å². The van der Waals surface area contributed by atoms with Crippen molar-refractivity contribution in [2.24, 2.45) is 5.92 Å². The average molecular weight is 313 g/mol. The summed E-state index contributed by atoms with van der Waals surface area (Å²) in [6.07, 6.45) is 9.62. The monoisotopic (exact) mass is 313 g/mol. The molecule has 1 rings (SSSR count). The van der Waals surface area contributed by atoms with Crippen molar-refractivity contribution in [1.82, 2.24) is 5.32 Å². The zero-order valence-electron chi connectivity index (χ0n) is 13.8. The molecule has 0 spiro atoms. The van der Waals surface area contributed by atoms with Crippen LogP contribution in [-0.2, 0) is 14.3 Å². The molecule has 1 aliphatic rings. The number of unbranched alkanes of at least 4 members (excludes halogenated alkanes) is 4. The number of carbonyl (C=O) groups excluding carboxylic acids is 1. The number of hydrogen-bond donors (Lipinski definition) is 2. The molecule has 0 unspecified atom stereocenters. The lowest BCUT2D eigenvalue weighted by Crippen LogP contribution is -2.35. The molecule has 1 fully saturated rings. The molecular formula is C17H31NO4. The quantitative estimate of drug-likeness (QED) is 0.453. The molecule has 5 nitrogen and oxygen atoms in total. The molecule has 0 saturated heterocycles. The molecule has 0 aromatic heterocycles. The minimum atomic E-state index is -0.638. The van der Waals surface area contributed by atoms with Gasteiger partial charge in [-0.15, -0.1) is 0 Å². The zero-order chi connectivity index (χ0) is 16.2. The topological polar surface area (TPSA) is 75.6 Å². The Kier molecular flexibility index (Phi) is 9.87. The van der Waals surface area contributed by atoms with Gasteiger partial charge in [-0.25, -0.2) is 0 Å². The van der Waals surface area contributed by atoms with E-state index in [1.807, 2.05) is 6.92 Å². The second-order valence-corrected chi connectivity index (χ2v) is 6.16. The second kappa shape index (κ2) is 11.5. The van der Waals surface area contributed by atoms with E-state index in [0.29, 0.717) is 19.1 Å². The molecule has 0 aromatic rings. The Bertz CT molecular complexity index is 325. The van der Waals surface area contributed by atoms with Crippen LogP contribution < -0.4 is 5.32 Å². The van der Waals surface area contributed by atoms with Crippen molar-refractivity contribution >= 4 is 11.9 Å². The van der Waals surface area contributed by atoms with Crippen LogP contribution in [0.1, 0.15) is 71.1 Å². The summed E-state index contributed by atoms with van der Waals surface area (Å²) in [6, 6.07) is 0.499. The Balaban J connectivity index is 1.88. The number of nitrogens with one attached hydrogen (secondary N) is 1. The van der Waals surface area contributed by atoms with Gasteiger partial charge in [0, 0.05) is 12.5 Å². The molecule has 0 aromatic carbocycles. The minimum Gasteiger partial charge on any atom is -0.481 e. The molecule has 0 radical (unpaired) electrons. The highest BCUT2D eigenvalue weighted by molar-refractivity contribution is 5.70. The van der Waals surface area contributed by atoms with Crippen molar-refractivity contribution < 1.29 is 19.4 Å². The summed E-state index contributed by atoms with van der Waals surface area (Å²) in [6.45, 7) is 3.32. The van der Waals surface area contributed by atoms with Crippen molar-refractivity contribution in [2.45, 2.75) is 77.2 Å². The lowest BCUT2D eigenvalue weighted by Gasteiger charge is -2.26. The standard InChI is InChI=1S/C17H31NO4/c1-2-22-16(19)8-6-4-3-5-7-13-18-15-11-9-14(10-12-15)17(20)21/h14-15,18H,2-13H2,1H3,(H,20,21). The Morgan fingerprint density at radius 2 is 1.68 bits per heavy atom. The van der Waals surface area contributed by atoms with E-state index in [-0.39, 0.29) is 11.9 Å². The molecule has 2 N–H and O–H groups in total. The van der Waals surface area contributed by atoms with Crippen molar-refractivity contribution in [1.29, 1.82) is 0 Å². The first-order chi connectivity index (χ1) is 10.6. The molecule has 0 bridgehead atoms. The lowest BCUT2D eigenvalue weighted by atomic mass is 9.86. The molecule has 1 saturated carbocycles. The Hall–Kier alpha value is -1.10. The van der Waals surface area contributed by atoms with Gasteiger partial charge in [0.2, 0.25) is 0 Å². The molecule has 0 aliphatic heterocycles. The first-order valence-corrected chi connectivity index (χ1v) is 8.75. The third kappa shape index (κ3) is 8.37. The maximum atomic E-state index is 11.1. The van der Waals surface area contributed by atoms with Gasteiger partial charge in [-0.2, -0.15) is 0 Å². The number of hydrogen-bond acceptors (Lipinski definition) is 4. The van der Waals surface area contributed by atoms with Crippen LogP contribution in [0, 0.1) is 5.92 Å². The first-order valence-electron chi connectivity index (χ1n) is 8.75. The Morgan fingerprint density at radius 1 is 1.05 bits per heavy atom. The molecule has 5 heteroatoms. The van der Waals surface area contributed by atoms with E-state index >= 15 is 0 Å². The van der Waals surface area contributed by atoms with Crippen LogP contribution in [0.5, 0.6) is 0 Å². The fraction of sp³-hybridized carbons (Fsp3) is 0.882. The van der Waals surface area contributed by atoms with Crippen molar-refractivity contribution in [3.8, 4) is 0 Å². The summed E-state index contributed by atoms with van der Waals surface area (Å²) in [5, 5.41) is 12.5. The highest BCUT2D eigenvalue weighted by Crippen LogP contribution is 2.24. The van der Waals surface area contributed by atoms with Crippen molar-refractivity contribution in [3.63, 3.8) is 0 Å². The molecule has 22 heavy (non-hydrogen) atoms. The summed E-state index contributed by atoms with van der Waals surface area (Å²) in [7, 11) is 0. The van der Waals surface area contributed by atoms with Gasteiger partial charge in [-0.05, 0) is 52.0 Å². The number of carboxylic acid groups (broad SMARTS) is 1. The minimum absolute atomic E-state index is 0.0823. The lowest BCUT2D eigenvalue weighted by molar-refractivity contribution is -0.144. The smallest absolute Gasteiger partial charge is 0.306 e. The SMILES string of the molecule is CCOC(=O)CCCCCCCNC1CCC(C(=O)O)CC1. The largest absolute Gasteiger partial charge is 0.481 e. The molecule has 128 valence electrons. The van der Waals surface area contributed by atoms with E-state index in [1.165, 1.54) is 6.42 Å². The second-order valence-electron chi connectivity index (χ2n) is 6.16. The van der Waals surface area contributed by atoms with Crippen molar-refractivity contribution in [2.75, 3.05) is 13.2 Å². The number of rotatable bonds is 11. The van der Waals surface area contributed by atoms with Crippen LogP contribution in [0.4, 0.5) is 0 Å². The average Bonchev–Trinajstić information content (AvgIpc) is 2.50. The van der Waals surface area contributed by atoms with E-state index in [0.717, 1.165) is 57.9 Å². The predicted octanol–water partition coefficient (Wildman–Crippen LogP) is 3.12. The summed E-state index contributed by atoms with van der Waals surface area (Å²) >= 11 is 0. The van der Waals surface area contributed by atoms with Crippen molar-refractivity contribution in [3.05, 3.63) is 0 Å². The summed E-state index contributed by atoms with van der Waals surface area (Å²) in [4.78, 5) is 22.0. The number of carbonyl (C=O) groups is 2. The van der Waals surface area contributed by atoms with Gasteiger partial charge in [0.25, 0.3) is 0 Å². The highest BCUT2D eigenvalue weighted by Gasteiger charge is 2.25. The summed E-state index contributed by atoms with van der Waals surface area (Å²) < 4.78 is 4.89. The van der Waals surface area contributed by atoms with Crippen LogP contribution in [0.3, 0.4) is 0 Å². The van der Waals surface area contributed by atoms with Gasteiger partial charge in [0.05, 0.1) is 12.5 Å². The molecule has 0 atom stereocenters. The number of carboxylic acids is 1. The van der Waals surface area contributed by atoms with Crippen LogP contribution in [0.2, 0.25) is 0 Å². The maximum absolute atomic E-state index is 11.1. The Labute approximate surface area is 133 Å². The number of esters is 1. The van der Waals surface area contributed by atoms with Crippen LogP contribution in [0.25, 0.3) is 0 Å². The van der Waals surface area contributed by atoms with Gasteiger partial charge in [0.15, 0.2) is 0 Å². The normalized spacial score (nSPS) is 21.5. The summed E-state index contributed by atoms with van der Waals surface area (Å²) in [5.74, 6) is -0.847. The van der Waals surface area contributed by atoms with Crippen LogP contribution in [-0.4, -0.2) is 36.2 Å². The first kappa shape index (κ1) is 18.9. The summed E-state index contributed by atoms with van der Waals surface area (Å²) in [5.41, 5.74) is 0. The maximum Gasteiger partial charge on any atom is 0.306 e. The number of aliphatic carboxylic acids is 1. The Morgan fingerprint density at radius 3 is 2.32 bits per heavy atom. The fourth-order valence-corrected chi connectivity index (χ4v) is 3.01. The molecule has 0 heterocycles. The molecule has 1 aliphatic carbocycles. The van der Waals surface area contributed by atoms with E-state index in [2.05, 4.69) is 5.32 Å². The molecule has 0 amide bonds. The van der Waals surface area contributed by atoms with Gasteiger partial charge >= 0.3 is 11.9 Å². The van der Waals surface area contributed by atoms with E-state index < -0.39 is 5.97 Å². The third-order valence-corrected chi connectivity index (χ3v) is 4.37. The highest BCUT2D eigenvalue weighted by atomic mass is 16.5. The van der Waals surface area contributed by atoms with E-state index in [4.69, 9.17) is 9.84 Å². The third-order valence-electron chi connectivity index (χ3n) is 4.37. The van der Waals surface area contributed by atoms with Gasteiger partial charge in [-0.3, -0.25) is 9.59 Å². The predicted molar refractivity (Wildman–Crippen MR) is 85.7 cm³/mol. The van der Waals surface area contributed by atoms with Gasteiger partial charge in [-0.1, -0.05) is 19.3 Å². The zero-order valence-corrected chi connectivity index (χ0v) is 13.8. The van der Waals surface area contributed by atoms with Gasteiger partial charge in [0.1, 0.15) is 0 Å². The number of ether oxygens (including phenoxy) is 1. The van der Waals surface area contributed by atoms with Crippen LogP contribution in [0.15, 0.2) is 0 Å². The fourth-order valence-electron chi connectivity index (χ4n) is 3.01. The van der Waals surface area contributed by atoms with Crippen LogP contribution >= 0.6 is 0 Å².